The van der Waals surface area contributed by atoms with E-state index >= 15 is 0 Å². The van der Waals surface area contributed by atoms with Crippen molar-refractivity contribution < 1.29 is 27.3 Å². The van der Waals surface area contributed by atoms with Gasteiger partial charge in [0.15, 0.2) is 0 Å². The molecule has 0 saturated heterocycles. The molecule has 0 aromatic heterocycles. The molecule has 0 aromatic carbocycles. The van der Waals surface area contributed by atoms with Crippen molar-refractivity contribution in [1.82, 2.24) is 0 Å². The summed E-state index contributed by atoms with van der Waals surface area (Å²) in [5.41, 5.74) is 4.94. The quantitative estimate of drug-likeness (QED) is 0.485. The predicted molar refractivity (Wildman–Crippen MR) is 29.5 cm³/mol. The standard InChI is InChI=1S/C3H7NO2S.Cr/c4-2(1-7)3(5)6;/h2,7H,1,4H2,(H,5,6);. The Morgan fingerprint density at radius 2 is 2.25 bits per heavy atom. The summed E-state index contributed by atoms with van der Waals surface area (Å²) in [7, 11) is 0. The molecule has 0 spiro atoms. The van der Waals surface area contributed by atoms with Gasteiger partial charge in [-0.3, -0.25) is 4.79 Å². The van der Waals surface area contributed by atoms with Crippen LogP contribution in [-0.4, -0.2) is 22.9 Å². The summed E-state index contributed by atoms with van der Waals surface area (Å²) < 4.78 is 0. The van der Waals surface area contributed by atoms with E-state index in [4.69, 9.17) is 10.8 Å². The maximum absolute atomic E-state index is 9.76. The first-order chi connectivity index (χ1) is 3.18. The van der Waals surface area contributed by atoms with Crippen LogP contribution in [0.2, 0.25) is 0 Å². The monoisotopic (exact) mass is 173 g/mol. The van der Waals surface area contributed by atoms with Crippen molar-refractivity contribution >= 4 is 18.6 Å². The molecule has 0 aromatic rings. The number of carbonyl (C=O) groups is 1. The molecule has 1 unspecified atom stereocenters. The Bertz CT molecular complexity index is 79.7. The maximum atomic E-state index is 9.76. The third kappa shape index (κ3) is 4.47. The largest absolute Gasteiger partial charge is 0.480 e. The molecule has 5 heteroatoms. The van der Waals surface area contributed by atoms with Gasteiger partial charge in [0, 0.05) is 23.1 Å². The number of hydrogen-bond donors (Lipinski definition) is 3. The first kappa shape index (κ1) is 11.2. The summed E-state index contributed by atoms with van der Waals surface area (Å²) in [5, 5.41) is 8.01. The van der Waals surface area contributed by atoms with Crippen LogP contribution in [0.3, 0.4) is 0 Å². The molecule has 0 radical (unpaired) electrons. The van der Waals surface area contributed by atoms with Crippen LogP contribution < -0.4 is 5.73 Å². The first-order valence-corrected chi connectivity index (χ1v) is 2.41. The second-order valence-corrected chi connectivity index (χ2v) is 1.49. The van der Waals surface area contributed by atoms with Gasteiger partial charge < -0.3 is 10.8 Å². The number of carboxylic acids is 1. The number of rotatable bonds is 2. The SMILES string of the molecule is NC(CS)C(=O)O.[Cr]. The molecule has 3 N–H and O–H groups in total. The fraction of sp³-hybridized carbons (Fsp3) is 0.667. The molecule has 1 atom stereocenters. The van der Waals surface area contributed by atoms with Crippen LogP contribution in [-0.2, 0) is 22.2 Å². The molecule has 0 aliphatic carbocycles. The summed E-state index contributed by atoms with van der Waals surface area (Å²) in [6.07, 6.45) is 0. The third-order valence-corrected chi connectivity index (χ3v) is 0.907. The maximum Gasteiger partial charge on any atom is 0.321 e. The average molecular weight is 173 g/mol. The van der Waals surface area contributed by atoms with E-state index in [9.17, 15) is 4.79 Å². The molecule has 0 saturated carbocycles. The number of carboxylic acid groups (broad SMARTS) is 1. The van der Waals surface area contributed by atoms with E-state index in [0.717, 1.165) is 0 Å². The van der Waals surface area contributed by atoms with E-state index in [1.54, 1.807) is 0 Å². The van der Waals surface area contributed by atoms with Crippen LogP contribution >= 0.6 is 12.6 Å². The topological polar surface area (TPSA) is 63.3 Å². The first-order valence-electron chi connectivity index (χ1n) is 1.77. The van der Waals surface area contributed by atoms with E-state index in [1.165, 1.54) is 0 Å². The minimum absolute atomic E-state index is 0. The average Bonchev–Trinajstić information content (AvgIpc) is 1.65. The van der Waals surface area contributed by atoms with E-state index < -0.39 is 12.0 Å². The van der Waals surface area contributed by atoms with Crippen molar-refractivity contribution in [3.63, 3.8) is 0 Å². The fourth-order valence-electron chi connectivity index (χ4n) is 0.0781. The Hall–Kier alpha value is 0.312. The molecule has 0 heterocycles. The zero-order chi connectivity index (χ0) is 5.86. The number of nitrogens with two attached hydrogens (primary N) is 1. The van der Waals surface area contributed by atoms with Crippen LogP contribution in [0.15, 0.2) is 0 Å². The Kier molecular flexibility index (Phi) is 7.60. The molecule has 0 fully saturated rings. The number of thiol groups is 1. The van der Waals surface area contributed by atoms with Gasteiger partial charge in [0.1, 0.15) is 6.04 Å². The fourth-order valence-corrected chi connectivity index (χ4v) is 0.234. The van der Waals surface area contributed by atoms with Crippen LogP contribution in [0.1, 0.15) is 0 Å². The molecule has 0 amide bonds. The Balaban J connectivity index is 0. The van der Waals surface area contributed by atoms with E-state index in [-0.39, 0.29) is 23.1 Å². The minimum Gasteiger partial charge on any atom is -0.480 e. The van der Waals surface area contributed by atoms with E-state index in [0.29, 0.717) is 0 Å². The summed E-state index contributed by atoms with van der Waals surface area (Å²) in [5.74, 6) is -0.815. The Morgan fingerprint density at radius 1 is 1.88 bits per heavy atom. The smallest absolute Gasteiger partial charge is 0.321 e. The van der Waals surface area contributed by atoms with Gasteiger partial charge in [-0.05, 0) is 0 Å². The van der Waals surface area contributed by atoms with Crippen LogP contribution in [0.5, 0.6) is 0 Å². The van der Waals surface area contributed by atoms with Crippen LogP contribution in [0.4, 0.5) is 0 Å². The predicted octanol–water partition coefficient (Wildman–Crippen LogP) is -0.674. The zero-order valence-corrected chi connectivity index (χ0v) is 6.24. The zero-order valence-electron chi connectivity index (χ0n) is 4.07. The summed E-state index contributed by atoms with van der Waals surface area (Å²) in [4.78, 5) is 9.76. The number of aliphatic carboxylic acids is 1. The van der Waals surface area contributed by atoms with Gasteiger partial charge in [-0.1, -0.05) is 0 Å². The molecule has 0 bridgehead atoms. The molecule has 0 aliphatic rings. The normalized spacial score (nSPS) is 11.8. The van der Waals surface area contributed by atoms with Gasteiger partial charge >= 0.3 is 5.97 Å². The summed E-state index contributed by atoms with van der Waals surface area (Å²) in [6, 6.07) is -0.816. The van der Waals surface area contributed by atoms with Gasteiger partial charge in [-0.25, -0.2) is 0 Å². The second kappa shape index (κ2) is 5.45. The molecule has 3 nitrogen and oxygen atoms in total. The third-order valence-electron chi connectivity index (χ3n) is 0.514. The van der Waals surface area contributed by atoms with Crippen molar-refractivity contribution in [2.75, 3.05) is 5.75 Å². The summed E-state index contributed by atoms with van der Waals surface area (Å²) >= 11 is 3.65. The van der Waals surface area contributed by atoms with Gasteiger partial charge in [0.05, 0.1) is 0 Å². The second-order valence-electron chi connectivity index (χ2n) is 1.13. The Labute approximate surface area is 63.8 Å². The summed E-state index contributed by atoms with van der Waals surface area (Å²) in [6.45, 7) is 0. The van der Waals surface area contributed by atoms with Gasteiger partial charge in [-0.2, -0.15) is 12.6 Å². The van der Waals surface area contributed by atoms with E-state index in [2.05, 4.69) is 12.6 Å². The van der Waals surface area contributed by atoms with Gasteiger partial charge in [-0.15, -0.1) is 0 Å². The van der Waals surface area contributed by atoms with E-state index in [1.807, 2.05) is 0 Å². The Morgan fingerprint density at radius 3 is 2.25 bits per heavy atom. The minimum atomic E-state index is -1.00. The molecular weight excluding hydrogens is 166 g/mol. The van der Waals surface area contributed by atoms with Crippen molar-refractivity contribution in [2.45, 2.75) is 6.04 Å². The van der Waals surface area contributed by atoms with Crippen LogP contribution in [0.25, 0.3) is 0 Å². The van der Waals surface area contributed by atoms with Gasteiger partial charge in [0.25, 0.3) is 0 Å². The molecule has 8 heavy (non-hydrogen) atoms. The van der Waals surface area contributed by atoms with Gasteiger partial charge in [0.2, 0.25) is 0 Å². The molecule has 48 valence electrons. The molecular formula is C3H7CrNO2S. The number of hydrogen-bond acceptors (Lipinski definition) is 3. The van der Waals surface area contributed by atoms with Crippen molar-refractivity contribution in [3.8, 4) is 0 Å². The van der Waals surface area contributed by atoms with Crippen molar-refractivity contribution in [2.24, 2.45) is 5.73 Å². The van der Waals surface area contributed by atoms with Crippen molar-refractivity contribution in [3.05, 3.63) is 0 Å². The molecule has 0 rings (SSSR count). The molecule has 0 aliphatic heterocycles. The van der Waals surface area contributed by atoms with Crippen LogP contribution in [0, 0.1) is 0 Å². The van der Waals surface area contributed by atoms with Crippen molar-refractivity contribution in [1.29, 1.82) is 0 Å².